The van der Waals surface area contributed by atoms with E-state index in [0.717, 1.165) is 17.4 Å². The summed E-state index contributed by atoms with van der Waals surface area (Å²) in [7, 11) is 0. The Hall–Kier alpha value is -1.13. The summed E-state index contributed by atoms with van der Waals surface area (Å²) in [5.74, 6) is 0. The molecule has 0 amide bonds. The molecule has 0 fully saturated rings. The van der Waals surface area contributed by atoms with Crippen molar-refractivity contribution in [3.63, 3.8) is 0 Å². The fraction of sp³-hybridized carbons (Fsp3) is 0.400. The van der Waals surface area contributed by atoms with E-state index in [4.69, 9.17) is 0 Å². The maximum atomic E-state index is 4.59. The summed E-state index contributed by atoms with van der Waals surface area (Å²) in [5, 5.41) is 3.62. The van der Waals surface area contributed by atoms with Crippen LogP contribution in [0.25, 0.3) is 0 Å². The van der Waals surface area contributed by atoms with E-state index >= 15 is 0 Å². The monoisotopic (exact) mass is 319 g/mol. The Morgan fingerprint density at radius 3 is 3.00 bits per heavy atom. The SMILES string of the molecule is CC(C)n1cnc2c1C(c1cccc(Br)c1)NCC2. The minimum Gasteiger partial charge on any atom is -0.330 e. The Morgan fingerprint density at radius 1 is 1.42 bits per heavy atom. The third-order valence-electron chi connectivity index (χ3n) is 3.63. The van der Waals surface area contributed by atoms with Crippen molar-refractivity contribution < 1.29 is 0 Å². The topological polar surface area (TPSA) is 29.9 Å². The largest absolute Gasteiger partial charge is 0.330 e. The zero-order valence-corrected chi connectivity index (χ0v) is 12.8. The molecule has 0 aliphatic carbocycles. The fourth-order valence-electron chi connectivity index (χ4n) is 2.72. The third-order valence-corrected chi connectivity index (χ3v) is 4.13. The van der Waals surface area contributed by atoms with Crippen LogP contribution < -0.4 is 5.32 Å². The van der Waals surface area contributed by atoms with Crippen LogP contribution in [0.2, 0.25) is 0 Å². The number of hydrogen-bond donors (Lipinski definition) is 1. The Kier molecular flexibility index (Phi) is 3.46. The molecule has 0 radical (unpaired) electrons. The molecule has 1 aromatic carbocycles. The van der Waals surface area contributed by atoms with E-state index in [-0.39, 0.29) is 6.04 Å². The van der Waals surface area contributed by atoms with Crippen molar-refractivity contribution in [1.29, 1.82) is 0 Å². The second kappa shape index (κ2) is 5.10. The van der Waals surface area contributed by atoms with Gasteiger partial charge in [0.05, 0.1) is 23.8 Å². The first-order valence-corrected chi connectivity index (χ1v) is 7.50. The van der Waals surface area contributed by atoms with Gasteiger partial charge in [0.15, 0.2) is 0 Å². The van der Waals surface area contributed by atoms with Crippen molar-refractivity contribution in [2.45, 2.75) is 32.4 Å². The number of halogens is 1. The van der Waals surface area contributed by atoms with Crippen molar-refractivity contribution in [2.24, 2.45) is 0 Å². The van der Waals surface area contributed by atoms with Gasteiger partial charge in [-0.1, -0.05) is 28.1 Å². The molecule has 1 aromatic heterocycles. The number of benzene rings is 1. The van der Waals surface area contributed by atoms with Gasteiger partial charge in [0, 0.05) is 23.5 Å². The first kappa shape index (κ1) is 12.9. The molecule has 1 N–H and O–H groups in total. The molecular weight excluding hydrogens is 302 g/mol. The van der Waals surface area contributed by atoms with Crippen LogP contribution in [0.15, 0.2) is 35.1 Å². The molecule has 4 heteroatoms. The van der Waals surface area contributed by atoms with Gasteiger partial charge in [0.25, 0.3) is 0 Å². The highest BCUT2D eigenvalue weighted by Crippen LogP contribution is 2.31. The Labute approximate surface area is 122 Å². The normalized spacial score (nSPS) is 18.6. The summed E-state index contributed by atoms with van der Waals surface area (Å²) in [6, 6.07) is 9.19. The molecule has 2 heterocycles. The highest BCUT2D eigenvalue weighted by atomic mass is 79.9. The molecule has 100 valence electrons. The standard InChI is InChI=1S/C15H18BrN3/c1-10(2)19-9-18-13-6-7-17-14(15(13)19)11-4-3-5-12(16)8-11/h3-5,8-10,14,17H,6-7H2,1-2H3. The van der Waals surface area contributed by atoms with E-state index in [0.29, 0.717) is 6.04 Å². The predicted molar refractivity (Wildman–Crippen MR) is 80.3 cm³/mol. The van der Waals surface area contributed by atoms with Crippen molar-refractivity contribution in [3.8, 4) is 0 Å². The van der Waals surface area contributed by atoms with Gasteiger partial charge in [-0.3, -0.25) is 0 Å². The number of rotatable bonds is 2. The zero-order valence-electron chi connectivity index (χ0n) is 11.2. The summed E-state index contributed by atoms with van der Waals surface area (Å²) >= 11 is 3.56. The van der Waals surface area contributed by atoms with Gasteiger partial charge in [-0.15, -0.1) is 0 Å². The molecule has 0 bridgehead atoms. The summed E-state index contributed by atoms with van der Waals surface area (Å²) in [4.78, 5) is 4.59. The second-order valence-electron chi connectivity index (χ2n) is 5.27. The van der Waals surface area contributed by atoms with Gasteiger partial charge in [0.1, 0.15) is 0 Å². The van der Waals surface area contributed by atoms with E-state index in [1.165, 1.54) is 17.0 Å². The van der Waals surface area contributed by atoms with Crippen molar-refractivity contribution in [1.82, 2.24) is 14.9 Å². The minimum absolute atomic E-state index is 0.242. The highest BCUT2D eigenvalue weighted by molar-refractivity contribution is 9.10. The molecule has 0 saturated carbocycles. The van der Waals surface area contributed by atoms with Crippen molar-refractivity contribution in [3.05, 3.63) is 52.0 Å². The van der Waals surface area contributed by atoms with Crippen LogP contribution in [0.3, 0.4) is 0 Å². The molecule has 1 atom stereocenters. The summed E-state index contributed by atoms with van der Waals surface area (Å²) in [6.07, 6.45) is 2.99. The fourth-order valence-corrected chi connectivity index (χ4v) is 3.14. The van der Waals surface area contributed by atoms with Gasteiger partial charge in [-0.2, -0.15) is 0 Å². The average molecular weight is 320 g/mol. The lowest BCUT2D eigenvalue weighted by Crippen LogP contribution is -2.32. The van der Waals surface area contributed by atoms with Gasteiger partial charge >= 0.3 is 0 Å². The molecule has 0 saturated heterocycles. The summed E-state index contributed by atoms with van der Waals surface area (Å²) in [5.41, 5.74) is 3.84. The first-order chi connectivity index (χ1) is 9.16. The number of hydrogen-bond acceptors (Lipinski definition) is 2. The molecule has 1 aliphatic heterocycles. The van der Waals surface area contributed by atoms with E-state index < -0.39 is 0 Å². The quantitative estimate of drug-likeness (QED) is 0.918. The predicted octanol–water partition coefficient (Wildman–Crippen LogP) is 3.46. The third kappa shape index (κ3) is 2.35. The molecule has 2 aromatic rings. The number of nitrogens with one attached hydrogen (secondary N) is 1. The smallest absolute Gasteiger partial charge is 0.0954 e. The highest BCUT2D eigenvalue weighted by Gasteiger charge is 2.26. The molecule has 3 nitrogen and oxygen atoms in total. The van der Waals surface area contributed by atoms with E-state index in [9.17, 15) is 0 Å². The molecule has 1 unspecified atom stereocenters. The van der Waals surface area contributed by atoms with Gasteiger partial charge in [0.2, 0.25) is 0 Å². The lowest BCUT2D eigenvalue weighted by atomic mass is 9.97. The Morgan fingerprint density at radius 2 is 2.26 bits per heavy atom. The van der Waals surface area contributed by atoms with Crippen molar-refractivity contribution >= 4 is 15.9 Å². The van der Waals surface area contributed by atoms with Crippen LogP contribution in [0.5, 0.6) is 0 Å². The molecule has 3 rings (SSSR count). The van der Waals surface area contributed by atoms with E-state index in [2.05, 4.69) is 68.9 Å². The van der Waals surface area contributed by atoms with Gasteiger partial charge in [-0.25, -0.2) is 4.98 Å². The zero-order chi connectivity index (χ0) is 13.4. The van der Waals surface area contributed by atoms with Gasteiger partial charge in [-0.05, 0) is 31.5 Å². The van der Waals surface area contributed by atoms with Crippen LogP contribution in [-0.2, 0) is 6.42 Å². The van der Waals surface area contributed by atoms with E-state index in [1.807, 2.05) is 6.33 Å². The lowest BCUT2D eigenvalue weighted by Gasteiger charge is -2.27. The van der Waals surface area contributed by atoms with Crippen LogP contribution in [-0.4, -0.2) is 16.1 Å². The van der Waals surface area contributed by atoms with Gasteiger partial charge < -0.3 is 9.88 Å². The summed E-state index contributed by atoms with van der Waals surface area (Å²) < 4.78 is 3.40. The minimum atomic E-state index is 0.242. The lowest BCUT2D eigenvalue weighted by molar-refractivity contribution is 0.491. The summed E-state index contributed by atoms with van der Waals surface area (Å²) in [6.45, 7) is 5.39. The number of aromatic nitrogens is 2. The maximum Gasteiger partial charge on any atom is 0.0954 e. The van der Waals surface area contributed by atoms with Crippen molar-refractivity contribution in [2.75, 3.05) is 6.54 Å². The van der Waals surface area contributed by atoms with Crippen LogP contribution in [0.4, 0.5) is 0 Å². The molecule has 0 spiro atoms. The number of fused-ring (bicyclic) bond motifs is 1. The Balaban J connectivity index is 2.09. The number of imidazole rings is 1. The second-order valence-corrected chi connectivity index (χ2v) is 6.19. The van der Waals surface area contributed by atoms with Crippen LogP contribution >= 0.6 is 15.9 Å². The molecule has 1 aliphatic rings. The van der Waals surface area contributed by atoms with Crippen LogP contribution in [0, 0.1) is 0 Å². The maximum absolute atomic E-state index is 4.59. The number of nitrogens with zero attached hydrogens (tertiary/aromatic N) is 2. The average Bonchev–Trinajstić information content (AvgIpc) is 2.82. The molecular formula is C15H18BrN3. The Bertz CT molecular complexity index is 589. The first-order valence-electron chi connectivity index (χ1n) is 6.71. The molecule has 19 heavy (non-hydrogen) atoms. The van der Waals surface area contributed by atoms with E-state index in [1.54, 1.807) is 0 Å². The van der Waals surface area contributed by atoms with Crippen LogP contribution in [0.1, 0.15) is 42.9 Å².